The van der Waals surface area contributed by atoms with Crippen molar-refractivity contribution in [3.8, 4) is 11.5 Å². The van der Waals surface area contributed by atoms with Crippen LogP contribution in [0, 0.1) is 0 Å². The Kier molecular flexibility index (Phi) is 9.35. The SMILES string of the molecule is CCOC(=O)c1nn(COP(=O)(OCC)OCC)nc1C(=O)c1cc(OC)c(OC)cc1N. The number of rotatable bonds is 13. The van der Waals surface area contributed by atoms with E-state index in [1.165, 1.54) is 26.4 Å². The molecule has 2 aromatic rings. The molecule has 0 aliphatic heterocycles. The molecule has 0 saturated heterocycles. The summed E-state index contributed by atoms with van der Waals surface area (Å²) >= 11 is 0. The van der Waals surface area contributed by atoms with Crippen molar-refractivity contribution in [2.75, 3.05) is 39.8 Å². The second kappa shape index (κ2) is 11.8. The molecule has 1 aromatic carbocycles. The van der Waals surface area contributed by atoms with E-state index in [1.807, 2.05) is 0 Å². The summed E-state index contributed by atoms with van der Waals surface area (Å²) in [5.41, 5.74) is 5.35. The van der Waals surface area contributed by atoms with Crippen LogP contribution in [0.25, 0.3) is 0 Å². The highest BCUT2D eigenvalue weighted by Crippen LogP contribution is 2.49. The smallest absolute Gasteiger partial charge is 0.476 e. The Morgan fingerprint density at radius 1 is 0.939 bits per heavy atom. The number of nitrogen functional groups attached to an aromatic ring is 1. The summed E-state index contributed by atoms with van der Waals surface area (Å²) in [5.74, 6) is -1.04. The van der Waals surface area contributed by atoms with E-state index in [0.717, 1.165) is 4.80 Å². The van der Waals surface area contributed by atoms with Gasteiger partial charge in [-0.25, -0.2) is 9.36 Å². The van der Waals surface area contributed by atoms with Crippen molar-refractivity contribution < 1.29 is 41.9 Å². The van der Waals surface area contributed by atoms with Gasteiger partial charge in [0.25, 0.3) is 0 Å². The molecule has 14 heteroatoms. The maximum absolute atomic E-state index is 13.2. The molecular formula is C19H27N4O9P. The van der Waals surface area contributed by atoms with Crippen LogP contribution >= 0.6 is 7.82 Å². The van der Waals surface area contributed by atoms with Crippen molar-refractivity contribution in [1.82, 2.24) is 15.0 Å². The van der Waals surface area contributed by atoms with Crippen LogP contribution in [0.5, 0.6) is 11.5 Å². The summed E-state index contributed by atoms with van der Waals surface area (Å²) in [6.45, 7) is 4.48. The average Bonchev–Trinajstić information content (AvgIpc) is 3.22. The monoisotopic (exact) mass is 486 g/mol. The first-order chi connectivity index (χ1) is 15.7. The number of phosphoric acid groups is 1. The van der Waals surface area contributed by atoms with Crippen molar-refractivity contribution in [3.63, 3.8) is 0 Å². The number of benzene rings is 1. The first-order valence-corrected chi connectivity index (χ1v) is 11.4. The lowest BCUT2D eigenvalue weighted by molar-refractivity contribution is 0.0513. The Bertz CT molecular complexity index is 1030. The summed E-state index contributed by atoms with van der Waals surface area (Å²) < 4.78 is 43.1. The van der Waals surface area contributed by atoms with Gasteiger partial charge in [-0.15, -0.1) is 10.2 Å². The van der Waals surface area contributed by atoms with Crippen LogP contribution in [0.3, 0.4) is 0 Å². The summed E-state index contributed by atoms with van der Waals surface area (Å²) in [6.07, 6.45) is 0. The normalized spacial score (nSPS) is 11.3. The predicted molar refractivity (Wildman–Crippen MR) is 115 cm³/mol. The first-order valence-electron chi connectivity index (χ1n) is 9.95. The minimum Gasteiger partial charge on any atom is -0.493 e. The van der Waals surface area contributed by atoms with Gasteiger partial charge in [0.15, 0.2) is 23.9 Å². The number of ketones is 1. The number of anilines is 1. The quantitative estimate of drug-likeness (QED) is 0.191. The van der Waals surface area contributed by atoms with Crippen LogP contribution in [0.2, 0.25) is 0 Å². The van der Waals surface area contributed by atoms with E-state index < -0.39 is 26.3 Å². The molecule has 13 nitrogen and oxygen atoms in total. The Morgan fingerprint density at radius 3 is 2.06 bits per heavy atom. The number of phosphoric ester groups is 1. The number of hydrogen-bond donors (Lipinski definition) is 1. The maximum atomic E-state index is 13.2. The van der Waals surface area contributed by atoms with E-state index in [4.69, 9.17) is 33.5 Å². The number of methoxy groups -OCH3 is 2. The molecule has 1 heterocycles. The Balaban J connectivity index is 2.45. The fourth-order valence-electron chi connectivity index (χ4n) is 2.66. The Labute approximate surface area is 190 Å². The largest absolute Gasteiger partial charge is 0.493 e. The molecule has 0 saturated carbocycles. The summed E-state index contributed by atoms with van der Waals surface area (Å²) in [7, 11) is -1.07. The van der Waals surface area contributed by atoms with E-state index >= 15 is 0 Å². The van der Waals surface area contributed by atoms with Crippen molar-refractivity contribution in [2.24, 2.45) is 0 Å². The third kappa shape index (κ3) is 6.29. The molecule has 0 radical (unpaired) electrons. The van der Waals surface area contributed by atoms with Gasteiger partial charge in [0.05, 0.1) is 39.6 Å². The minimum atomic E-state index is -3.89. The minimum absolute atomic E-state index is 0.000436. The van der Waals surface area contributed by atoms with E-state index in [1.54, 1.807) is 20.8 Å². The van der Waals surface area contributed by atoms with Gasteiger partial charge in [0.1, 0.15) is 0 Å². The highest BCUT2D eigenvalue weighted by atomic mass is 31.2. The van der Waals surface area contributed by atoms with Gasteiger partial charge in [-0.2, -0.15) is 4.80 Å². The van der Waals surface area contributed by atoms with Gasteiger partial charge >= 0.3 is 13.8 Å². The standard InChI is InChI=1S/C19H27N4O9P/c1-6-29-19(25)17-16(18(24)12-9-14(27-4)15(28-5)10-13(12)20)21-23(22-17)11-32-33(26,30-7-2)31-8-3/h9-10H,6-8,11,20H2,1-5H3. The van der Waals surface area contributed by atoms with Crippen LogP contribution in [0.4, 0.5) is 5.69 Å². The van der Waals surface area contributed by atoms with Crippen LogP contribution < -0.4 is 15.2 Å². The van der Waals surface area contributed by atoms with Gasteiger partial charge in [-0.05, 0) is 26.8 Å². The van der Waals surface area contributed by atoms with Crippen LogP contribution in [-0.2, 0) is 29.6 Å². The third-order valence-electron chi connectivity index (χ3n) is 4.05. The van der Waals surface area contributed by atoms with Crippen molar-refractivity contribution in [1.29, 1.82) is 0 Å². The molecule has 2 rings (SSSR count). The zero-order valence-corrected chi connectivity index (χ0v) is 19.9. The van der Waals surface area contributed by atoms with Gasteiger partial charge < -0.3 is 19.9 Å². The van der Waals surface area contributed by atoms with Crippen molar-refractivity contribution >= 4 is 25.3 Å². The topological polar surface area (TPSA) is 163 Å². The number of ether oxygens (including phenoxy) is 3. The van der Waals surface area contributed by atoms with E-state index in [2.05, 4.69) is 10.2 Å². The molecule has 0 amide bonds. The van der Waals surface area contributed by atoms with Gasteiger partial charge in [0, 0.05) is 11.8 Å². The molecule has 0 bridgehead atoms. The van der Waals surface area contributed by atoms with Crippen LogP contribution in [0.1, 0.15) is 47.3 Å². The second-order valence-electron chi connectivity index (χ2n) is 6.15. The number of nitrogens with two attached hydrogens (primary N) is 1. The highest BCUT2D eigenvalue weighted by Gasteiger charge is 2.30. The highest BCUT2D eigenvalue weighted by molar-refractivity contribution is 7.48. The fourth-order valence-corrected chi connectivity index (χ4v) is 3.77. The molecule has 0 atom stereocenters. The lowest BCUT2D eigenvalue weighted by atomic mass is 10.0. The molecular weight excluding hydrogens is 459 g/mol. The van der Waals surface area contributed by atoms with Crippen LogP contribution in [-0.4, -0.2) is 60.8 Å². The Morgan fingerprint density at radius 2 is 1.52 bits per heavy atom. The number of carbonyl (C=O) groups is 2. The van der Waals surface area contributed by atoms with Gasteiger partial charge in [0.2, 0.25) is 11.5 Å². The molecule has 182 valence electrons. The van der Waals surface area contributed by atoms with E-state index in [-0.39, 0.29) is 48.2 Å². The fraction of sp³-hybridized carbons (Fsp3) is 0.474. The molecule has 0 aliphatic rings. The average molecular weight is 486 g/mol. The van der Waals surface area contributed by atoms with E-state index in [0.29, 0.717) is 5.75 Å². The summed E-state index contributed by atoms with van der Waals surface area (Å²) in [4.78, 5) is 26.5. The Hall–Kier alpha value is -2.99. The molecule has 0 unspecified atom stereocenters. The number of nitrogens with zero attached hydrogens (tertiary/aromatic N) is 3. The lowest BCUT2D eigenvalue weighted by Gasteiger charge is -2.15. The zero-order valence-electron chi connectivity index (χ0n) is 19.0. The zero-order chi connectivity index (χ0) is 24.6. The molecule has 0 spiro atoms. The number of carbonyl (C=O) groups excluding carboxylic acids is 2. The van der Waals surface area contributed by atoms with Gasteiger partial charge in [-0.3, -0.25) is 18.4 Å². The molecule has 0 aliphatic carbocycles. The maximum Gasteiger partial charge on any atom is 0.476 e. The number of esters is 1. The summed E-state index contributed by atoms with van der Waals surface area (Å²) in [6, 6.07) is 2.77. The molecule has 0 fully saturated rings. The molecule has 1 aromatic heterocycles. The molecule has 2 N–H and O–H groups in total. The van der Waals surface area contributed by atoms with Gasteiger partial charge in [-0.1, -0.05) is 0 Å². The molecule has 33 heavy (non-hydrogen) atoms. The number of aromatic nitrogens is 3. The summed E-state index contributed by atoms with van der Waals surface area (Å²) in [5, 5.41) is 7.98. The van der Waals surface area contributed by atoms with Crippen LogP contribution in [0.15, 0.2) is 12.1 Å². The lowest BCUT2D eigenvalue weighted by Crippen LogP contribution is -2.14. The van der Waals surface area contributed by atoms with E-state index in [9.17, 15) is 14.2 Å². The number of hydrogen-bond acceptors (Lipinski definition) is 12. The van der Waals surface area contributed by atoms with Crippen molar-refractivity contribution in [2.45, 2.75) is 27.5 Å². The predicted octanol–water partition coefficient (Wildman–Crippen LogP) is 2.44. The third-order valence-corrected chi connectivity index (χ3v) is 5.63. The second-order valence-corrected chi connectivity index (χ2v) is 7.82. The first kappa shape index (κ1) is 26.3. The van der Waals surface area contributed by atoms with Crippen molar-refractivity contribution in [3.05, 3.63) is 29.1 Å².